The highest BCUT2D eigenvalue weighted by Crippen LogP contribution is 2.25. The molecule has 2 rings (SSSR count). The summed E-state index contributed by atoms with van der Waals surface area (Å²) in [4.78, 5) is 27.0. The molecule has 2 N–H and O–H groups in total. The van der Waals surface area contributed by atoms with Crippen LogP contribution in [0.3, 0.4) is 0 Å². The number of hydrogen-bond acceptors (Lipinski definition) is 3. The fraction of sp³-hybridized carbons (Fsp3) is 0.857. The van der Waals surface area contributed by atoms with Gasteiger partial charge in [-0.15, -0.1) is 0 Å². The number of likely N-dealkylation sites (tertiary alicyclic amines) is 1. The summed E-state index contributed by atoms with van der Waals surface area (Å²) in [5.74, 6) is -0.496. The third-order valence-corrected chi connectivity index (χ3v) is 4.48. The molecule has 1 saturated heterocycles. The molecule has 1 saturated carbocycles. The monoisotopic (exact) mass is 283 g/mol. The molecule has 3 atom stereocenters. The molecule has 0 aromatic carbocycles. The van der Waals surface area contributed by atoms with Gasteiger partial charge in [0.25, 0.3) is 0 Å². The van der Waals surface area contributed by atoms with E-state index in [1.54, 1.807) is 4.90 Å². The van der Waals surface area contributed by atoms with Crippen LogP contribution in [-0.2, 0) is 4.79 Å². The maximum absolute atomic E-state index is 12.1. The number of nitrogens with one attached hydrogen (secondary N) is 1. The van der Waals surface area contributed by atoms with Crippen LogP contribution in [0, 0.1) is 11.8 Å². The fourth-order valence-corrected chi connectivity index (χ4v) is 3.27. The molecule has 1 aliphatic carbocycles. The smallest absolute Gasteiger partial charge is 0.317 e. The number of carbonyl (C=O) groups is 2. The van der Waals surface area contributed by atoms with Crippen LogP contribution in [-0.4, -0.2) is 66.7 Å². The molecule has 0 spiro atoms. The first-order chi connectivity index (χ1) is 9.45. The predicted molar refractivity (Wildman–Crippen MR) is 75.5 cm³/mol. The Morgan fingerprint density at radius 2 is 2.10 bits per heavy atom. The Balaban J connectivity index is 1.73. The first-order valence-corrected chi connectivity index (χ1v) is 7.38. The molecular weight excluding hydrogens is 258 g/mol. The second-order valence-electron chi connectivity index (χ2n) is 6.29. The molecule has 0 radical (unpaired) electrons. The van der Waals surface area contributed by atoms with E-state index in [1.807, 2.05) is 7.05 Å². The van der Waals surface area contributed by atoms with Crippen molar-refractivity contribution in [3.8, 4) is 0 Å². The SMILES string of the molecule is CN1CCC(CN(C)C(=O)N[C@H]2CC[C@@H](C(=O)O)C2)C1. The van der Waals surface area contributed by atoms with Gasteiger partial charge in [-0.1, -0.05) is 0 Å². The molecule has 2 aliphatic rings. The first-order valence-electron chi connectivity index (χ1n) is 7.38. The lowest BCUT2D eigenvalue weighted by Gasteiger charge is -2.23. The Morgan fingerprint density at radius 3 is 2.65 bits per heavy atom. The van der Waals surface area contributed by atoms with Gasteiger partial charge >= 0.3 is 12.0 Å². The van der Waals surface area contributed by atoms with Crippen molar-refractivity contribution >= 4 is 12.0 Å². The Bertz CT molecular complexity index is 375. The number of rotatable bonds is 4. The lowest BCUT2D eigenvalue weighted by atomic mass is 10.1. The van der Waals surface area contributed by atoms with E-state index in [1.165, 1.54) is 0 Å². The third kappa shape index (κ3) is 3.85. The number of nitrogens with zero attached hydrogens (tertiary/aromatic N) is 2. The molecule has 1 heterocycles. The van der Waals surface area contributed by atoms with Gasteiger partial charge in [0.15, 0.2) is 0 Å². The van der Waals surface area contributed by atoms with Crippen LogP contribution >= 0.6 is 0 Å². The van der Waals surface area contributed by atoms with E-state index in [-0.39, 0.29) is 18.0 Å². The average molecular weight is 283 g/mol. The van der Waals surface area contributed by atoms with Crippen molar-refractivity contribution in [3.63, 3.8) is 0 Å². The van der Waals surface area contributed by atoms with Crippen LogP contribution in [0.25, 0.3) is 0 Å². The van der Waals surface area contributed by atoms with Crippen LogP contribution in [0.4, 0.5) is 4.79 Å². The van der Waals surface area contributed by atoms with Gasteiger partial charge in [0.05, 0.1) is 5.92 Å². The Hall–Kier alpha value is -1.30. The highest BCUT2D eigenvalue weighted by atomic mass is 16.4. The van der Waals surface area contributed by atoms with Crippen LogP contribution in [0.15, 0.2) is 0 Å². The zero-order chi connectivity index (χ0) is 14.7. The molecule has 6 heteroatoms. The Kier molecular flexibility index (Phi) is 4.86. The zero-order valence-electron chi connectivity index (χ0n) is 12.3. The van der Waals surface area contributed by atoms with Crippen molar-refractivity contribution in [3.05, 3.63) is 0 Å². The number of aliphatic carboxylic acids is 1. The largest absolute Gasteiger partial charge is 0.481 e. The Morgan fingerprint density at radius 1 is 1.35 bits per heavy atom. The molecule has 1 aliphatic heterocycles. The molecule has 2 fully saturated rings. The van der Waals surface area contributed by atoms with Crippen molar-refractivity contribution in [1.82, 2.24) is 15.1 Å². The van der Waals surface area contributed by atoms with Crippen molar-refractivity contribution in [2.45, 2.75) is 31.7 Å². The van der Waals surface area contributed by atoms with Crippen molar-refractivity contribution in [2.24, 2.45) is 11.8 Å². The minimum Gasteiger partial charge on any atom is -0.481 e. The summed E-state index contributed by atoms with van der Waals surface area (Å²) >= 11 is 0. The highest BCUT2D eigenvalue weighted by Gasteiger charge is 2.31. The van der Waals surface area contributed by atoms with Gasteiger partial charge in [-0.05, 0) is 45.2 Å². The van der Waals surface area contributed by atoms with Gasteiger partial charge < -0.3 is 20.2 Å². The van der Waals surface area contributed by atoms with Crippen LogP contribution in [0.2, 0.25) is 0 Å². The van der Waals surface area contributed by atoms with Crippen molar-refractivity contribution in [1.29, 1.82) is 0 Å². The summed E-state index contributed by atoms with van der Waals surface area (Å²) in [6.07, 6.45) is 3.12. The van der Waals surface area contributed by atoms with E-state index in [0.717, 1.165) is 32.5 Å². The Labute approximate surface area is 120 Å². The second kappa shape index (κ2) is 6.43. The minimum atomic E-state index is -0.746. The van der Waals surface area contributed by atoms with E-state index in [9.17, 15) is 9.59 Å². The van der Waals surface area contributed by atoms with Gasteiger partial charge in [0.1, 0.15) is 0 Å². The maximum atomic E-state index is 12.1. The summed E-state index contributed by atoms with van der Waals surface area (Å²) in [7, 11) is 3.92. The summed E-state index contributed by atoms with van der Waals surface area (Å²) < 4.78 is 0. The molecule has 6 nitrogen and oxygen atoms in total. The quantitative estimate of drug-likeness (QED) is 0.801. The lowest BCUT2D eigenvalue weighted by molar-refractivity contribution is -0.141. The topological polar surface area (TPSA) is 72.9 Å². The highest BCUT2D eigenvalue weighted by molar-refractivity contribution is 5.75. The van der Waals surface area contributed by atoms with Crippen molar-refractivity contribution < 1.29 is 14.7 Å². The number of urea groups is 1. The molecule has 20 heavy (non-hydrogen) atoms. The van der Waals surface area contributed by atoms with Gasteiger partial charge in [-0.2, -0.15) is 0 Å². The number of hydrogen-bond donors (Lipinski definition) is 2. The van der Waals surface area contributed by atoms with E-state index in [2.05, 4.69) is 17.3 Å². The van der Waals surface area contributed by atoms with Crippen LogP contribution in [0.5, 0.6) is 0 Å². The van der Waals surface area contributed by atoms with Gasteiger partial charge in [-0.3, -0.25) is 4.79 Å². The minimum absolute atomic E-state index is 0.0114. The van der Waals surface area contributed by atoms with Crippen LogP contribution < -0.4 is 5.32 Å². The zero-order valence-corrected chi connectivity index (χ0v) is 12.3. The number of carbonyl (C=O) groups excluding carboxylic acids is 1. The van der Waals surface area contributed by atoms with Gasteiger partial charge in [0, 0.05) is 26.2 Å². The average Bonchev–Trinajstić information content (AvgIpc) is 2.98. The molecule has 1 unspecified atom stereocenters. The fourth-order valence-electron chi connectivity index (χ4n) is 3.27. The molecule has 2 amide bonds. The molecule has 0 aromatic rings. The standard InChI is InChI=1S/C14H25N3O3/c1-16-6-5-10(8-16)9-17(2)14(20)15-12-4-3-11(7-12)13(18)19/h10-12H,3-9H2,1-2H3,(H,15,20)(H,18,19)/t10?,11-,12+/m1/s1. The summed E-state index contributed by atoms with van der Waals surface area (Å²) in [5, 5.41) is 11.9. The van der Waals surface area contributed by atoms with Gasteiger partial charge in [-0.25, -0.2) is 4.79 Å². The number of amides is 2. The molecule has 0 bridgehead atoms. The first kappa shape index (κ1) is 15.1. The summed E-state index contributed by atoms with van der Waals surface area (Å²) in [5.41, 5.74) is 0. The van der Waals surface area contributed by atoms with E-state index < -0.39 is 5.97 Å². The summed E-state index contributed by atoms with van der Waals surface area (Å²) in [6, 6.07) is -0.0621. The number of carboxylic acids is 1. The van der Waals surface area contributed by atoms with E-state index in [4.69, 9.17) is 5.11 Å². The molecule has 0 aromatic heterocycles. The van der Waals surface area contributed by atoms with E-state index >= 15 is 0 Å². The number of carboxylic acid groups (broad SMARTS) is 1. The van der Waals surface area contributed by atoms with Gasteiger partial charge in [0.2, 0.25) is 0 Å². The van der Waals surface area contributed by atoms with Crippen molar-refractivity contribution in [2.75, 3.05) is 33.7 Å². The van der Waals surface area contributed by atoms with Crippen LogP contribution in [0.1, 0.15) is 25.7 Å². The predicted octanol–water partition coefficient (Wildman–Crippen LogP) is 0.833. The van der Waals surface area contributed by atoms with E-state index in [0.29, 0.717) is 18.8 Å². The maximum Gasteiger partial charge on any atom is 0.317 e. The third-order valence-electron chi connectivity index (χ3n) is 4.48. The second-order valence-corrected chi connectivity index (χ2v) is 6.29. The lowest BCUT2D eigenvalue weighted by Crippen LogP contribution is -2.44. The normalized spacial score (nSPS) is 30.4. The summed E-state index contributed by atoms with van der Waals surface area (Å²) in [6.45, 7) is 2.91. The molecule has 114 valence electrons. The molecular formula is C14H25N3O3.